The van der Waals surface area contributed by atoms with Gasteiger partial charge in [0.25, 0.3) is 0 Å². The molecule has 6 heteroatoms. The van der Waals surface area contributed by atoms with Crippen LogP contribution in [-0.2, 0) is 0 Å². The predicted molar refractivity (Wildman–Crippen MR) is 74.9 cm³/mol. The first-order valence-electron chi connectivity index (χ1n) is 5.45. The largest absolute Gasteiger partial charge is 0.369 e. The fourth-order valence-electron chi connectivity index (χ4n) is 1.99. The summed E-state index contributed by atoms with van der Waals surface area (Å²) in [7, 11) is 0. The van der Waals surface area contributed by atoms with Gasteiger partial charge in [-0.2, -0.15) is 0 Å². The number of pyridine rings is 1. The third-order valence-electron chi connectivity index (χ3n) is 3.07. The average molecular weight is 314 g/mol. The number of hydrogen-bond acceptors (Lipinski definition) is 2. The van der Waals surface area contributed by atoms with Gasteiger partial charge in [0.2, 0.25) is 0 Å². The van der Waals surface area contributed by atoms with Crippen molar-refractivity contribution in [1.82, 2.24) is 4.98 Å². The molecule has 0 amide bonds. The van der Waals surface area contributed by atoms with E-state index < -0.39 is 0 Å². The summed E-state index contributed by atoms with van der Waals surface area (Å²) in [6.07, 6.45) is 2.23. The minimum Gasteiger partial charge on any atom is -0.369 e. The summed E-state index contributed by atoms with van der Waals surface area (Å²) < 4.78 is 0. The lowest BCUT2D eigenvalue weighted by molar-refractivity contribution is 0.438. The van der Waals surface area contributed by atoms with Crippen LogP contribution in [0.15, 0.2) is 0 Å². The molecule has 0 radical (unpaired) electrons. The lowest BCUT2D eigenvalue weighted by Gasteiger charge is -2.33. The summed E-state index contributed by atoms with van der Waals surface area (Å²) in [6.45, 7) is 4.07. The highest BCUT2D eigenvalue weighted by Gasteiger charge is 2.24. The Kier molecular flexibility index (Phi) is 4.30. The molecule has 17 heavy (non-hydrogen) atoms. The third-order valence-corrected chi connectivity index (χ3v) is 4.53. The fourth-order valence-corrected chi connectivity index (χ4v) is 2.94. The summed E-state index contributed by atoms with van der Waals surface area (Å²) >= 11 is 24.2. The minimum absolute atomic E-state index is 0.203. The maximum atomic E-state index is 6.16. The Morgan fingerprint density at radius 1 is 1.00 bits per heavy atom. The molecule has 2 nitrogen and oxygen atoms in total. The molecule has 2 rings (SSSR count). The van der Waals surface area contributed by atoms with Crippen LogP contribution in [0, 0.1) is 5.92 Å². The fraction of sp³-hybridized carbons (Fsp3) is 0.545. The van der Waals surface area contributed by atoms with Crippen molar-refractivity contribution in [3.8, 4) is 0 Å². The van der Waals surface area contributed by atoms with Crippen molar-refractivity contribution in [2.45, 2.75) is 19.8 Å². The molecule has 1 saturated heterocycles. The highest BCUT2D eigenvalue weighted by molar-refractivity contribution is 6.48. The lowest BCUT2D eigenvalue weighted by Crippen LogP contribution is -2.33. The molecule has 0 spiro atoms. The quantitative estimate of drug-likeness (QED) is 0.683. The van der Waals surface area contributed by atoms with Crippen LogP contribution in [0.5, 0.6) is 0 Å². The first-order valence-corrected chi connectivity index (χ1v) is 6.96. The highest BCUT2D eigenvalue weighted by atomic mass is 35.5. The first-order chi connectivity index (χ1) is 8.00. The Labute approximate surface area is 121 Å². The molecule has 0 aromatic carbocycles. The average Bonchev–Trinajstić information content (AvgIpc) is 2.29. The Hall–Kier alpha value is 0.110. The van der Waals surface area contributed by atoms with Crippen LogP contribution in [0.4, 0.5) is 5.69 Å². The summed E-state index contributed by atoms with van der Waals surface area (Å²) in [6, 6.07) is 0. The van der Waals surface area contributed by atoms with Crippen LogP contribution in [0.2, 0.25) is 20.4 Å². The van der Waals surface area contributed by atoms with Crippen molar-refractivity contribution in [3.05, 3.63) is 20.4 Å². The van der Waals surface area contributed by atoms with E-state index in [2.05, 4.69) is 16.8 Å². The maximum Gasteiger partial charge on any atom is 0.151 e. The van der Waals surface area contributed by atoms with E-state index in [0.29, 0.717) is 15.7 Å². The zero-order chi connectivity index (χ0) is 12.6. The van der Waals surface area contributed by atoms with Crippen molar-refractivity contribution < 1.29 is 0 Å². The van der Waals surface area contributed by atoms with E-state index >= 15 is 0 Å². The summed E-state index contributed by atoms with van der Waals surface area (Å²) in [5, 5.41) is 1.18. The van der Waals surface area contributed by atoms with Gasteiger partial charge in [-0.15, -0.1) is 0 Å². The monoisotopic (exact) mass is 312 g/mol. The van der Waals surface area contributed by atoms with Gasteiger partial charge in [0.15, 0.2) is 10.3 Å². The summed E-state index contributed by atoms with van der Waals surface area (Å²) in [5.41, 5.74) is 0.713. The third kappa shape index (κ3) is 2.76. The molecular weight excluding hydrogens is 302 g/mol. The number of nitrogens with zero attached hydrogens (tertiary/aromatic N) is 2. The van der Waals surface area contributed by atoms with E-state index in [1.807, 2.05) is 0 Å². The molecule has 1 aromatic rings. The van der Waals surface area contributed by atoms with Crippen LogP contribution in [0.3, 0.4) is 0 Å². The van der Waals surface area contributed by atoms with Gasteiger partial charge in [0.05, 0.1) is 5.69 Å². The molecule has 1 fully saturated rings. The van der Waals surface area contributed by atoms with E-state index in [1.54, 1.807) is 0 Å². The molecule has 1 aromatic heterocycles. The summed E-state index contributed by atoms with van der Waals surface area (Å²) in [4.78, 5) is 6.01. The van der Waals surface area contributed by atoms with E-state index in [0.717, 1.165) is 31.8 Å². The molecule has 0 saturated carbocycles. The lowest BCUT2D eigenvalue weighted by atomic mass is 9.99. The van der Waals surface area contributed by atoms with E-state index in [4.69, 9.17) is 46.4 Å². The number of rotatable bonds is 1. The van der Waals surface area contributed by atoms with Gasteiger partial charge >= 0.3 is 0 Å². The van der Waals surface area contributed by atoms with Crippen LogP contribution >= 0.6 is 46.4 Å². The van der Waals surface area contributed by atoms with E-state index in [1.165, 1.54) is 0 Å². The number of anilines is 1. The Morgan fingerprint density at radius 2 is 1.47 bits per heavy atom. The maximum absolute atomic E-state index is 6.16. The highest BCUT2D eigenvalue weighted by Crippen LogP contribution is 2.42. The number of hydrogen-bond donors (Lipinski definition) is 0. The molecule has 1 aliphatic heterocycles. The van der Waals surface area contributed by atoms with Gasteiger partial charge in [-0.25, -0.2) is 4.98 Å². The SMILES string of the molecule is CC1CCN(c2c(Cl)c(Cl)nc(Cl)c2Cl)CC1. The van der Waals surface area contributed by atoms with Crippen LogP contribution in [0.1, 0.15) is 19.8 Å². The standard InChI is InChI=1S/C11H12Cl4N2/c1-6-2-4-17(5-3-6)9-7(12)10(14)16-11(15)8(9)13/h6H,2-5H2,1H3. The van der Waals surface area contributed by atoms with E-state index in [9.17, 15) is 0 Å². The van der Waals surface area contributed by atoms with Gasteiger partial charge in [-0.05, 0) is 18.8 Å². The van der Waals surface area contributed by atoms with Gasteiger partial charge in [0.1, 0.15) is 10.0 Å². The number of halogens is 4. The molecule has 0 bridgehead atoms. The number of aromatic nitrogens is 1. The second-order valence-electron chi connectivity index (χ2n) is 4.34. The molecule has 2 heterocycles. The van der Waals surface area contributed by atoms with Gasteiger partial charge in [-0.3, -0.25) is 0 Å². The van der Waals surface area contributed by atoms with Crippen LogP contribution in [-0.4, -0.2) is 18.1 Å². The zero-order valence-electron chi connectivity index (χ0n) is 9.31. The van der Waals surface area contributed by atoms with Crippen LogP contribution in [0.25, 0.3) is 0 Å². The predicted octanol–water partition coefficient (Wildman–Crippen LogP) is 4.93. The molecule has 1 aliphatic rings. The van der Waals surface area contributed by atoms with Crippen molar-refractivity contribution in [1.29, 1.82) is 0 Å². The van der Waals surface area contributed by atoms with Crippen molar-refractivity contribution in [2.24, 2.45) is 5.92 Å². The summed E-state index contributed by atoms with van der Waals surface area (Å²) in [5.74, 6) is 0.733. The van der Waals surface area contributed by atoms with Gasteiger partial charge < -0.3 is 4.90 Å². The van der Waals surface area contributed by atoms with E-state index in [-0.39, 0.29) is 10.3 Å². The number of piperidine rings is 1. The van der Waals surface area contributed by atoms with Crippen molar-refractivity contribution in [2.75, 3.05) is 18.0 Å². The molecular formula is C11H12Cl4N2. The van der Waals surface area contributed by atoms with Gasteiger partial charge in [-0.1, -0.05) is 53.3 Å². The molecule has 94 valence electrons. The Bertz CT molecular complexity index is 402. The first kappa shape index (κ1) is 13.5. The smallest absolute Gasteiger partial charge is 0.151 e. The second kappa shape index (κ2) is 5.40. The van der Waals surface area contributed by atoms with Crippen molar-refractivity contribution in [3.63, 3.8) is 0 Å². The van der Waals surface area contributed by atoms with Crippen LogP contribution < -0.4 is 4.90 Å². The van der Waals surface area contributed by atoms with Gasteiger partial charge in [0, 0.05) is 13.1 Å². The Balaban J connectivity index is 2.37. The zero-order valence-corrected chi connectivity index (χ0v) is 12.3. The topological polar surface area (TPSA) is 16.1 Å². The molecule has 0 N–H and O–H groups in total. The molecule has 0 atom stereocenters. The van der Waals surface area contributed by atoms with Crippen molar-refractivity contribution >= 4 is 52.1 Å². The normalized spacial score (nSPS) is 17.6. The Morgan fingerprint density at radius 3 is 1.94 bits per heavy atom. The second-order valence-corrected chi connectivity index (χ2v) is 5.81. The molecule has 0 unspecified atom stereocenters. The molecule has 0 aliphatic carbocycles. The minimum atomic E-state index is 0.203.